The third-order valence-electron chi connectivity index (χ3n) is 6.35. The molecule has 1 aromatic heterocycles. The first-order valence-corrected chi connectivity index (χ1v) is 10.0. The highest BCUT2D eigenvalue weighted by Gasteiger charge is 2.13. The van der Waals surface area contributed by atoms with Crippen LogP contribution in [0.1, 0.15) is 0 Å². The summed E-state index contributed by atoms with van der Waals surface area (Å²) in [6, 6.07) is 35.4. The minimum Gasteiger partial charge on any atom is -0.354 e. The van der Waals surface area contributed by atoms with Crippen LogP contribution >= 0.6 is 0 Å². The zero-order valence-corrected chi connectivity index (χ0v) is 15.7. The predicted molar refractivity (Wildman–Crippen MR) is 126 cm³/mol. The molecule has 1 nitrogen and oxygen atoms in total. The summed E-state index contributed by atoms with van der Waals surface area (Å²) >= 11 is 0. The molecule has 0 saturated heterocycles. The molecular weight excluding hydrogens is 350 g/mol. The number of aromatic amines is 1. The van der Waals surface area contributed by atoms with Crippen LogP contribution in [0, 0.1) is 0 Å². The lowest BCUT2D eigenvalue weighted by atomic mass is 9.90. The predicted octanol–water partition coefficient (Wildman–Crippen LogP) is 7.93. The summed E-state index contributed by atoms with van der Waals surface area (Å²) in [4.78, 5) is 3.63. The van der Waals surface area contributed by atoms with E-state index in [1.165, 1.54) is 64.9 Å². The highest BCUT2D eigenvalue weighted by molar-refractivity contribution is 6.33. The molecule has 0 aliphatic heterocycles. The number of hydrogen-bond donors (Lipinski definition) is 1. The Morgan fingerprint density at radius 2 is 1.07 bits per heavy atom. The van der Waals surface area contributed by atoms with Crippen molar-refractivity contribution >= 4 is 64.9 Å². The third kappa shape index (κ3) is 1.94. The summed E-state index contributed by atoms with van der Waals surface area (Å²) in [6.07, 6.45) is 0. The fraction of sp³-hybridized carbons (Fsp3) is 0. The van der Waals surface area contributed by atoms with Crippen molar-refractivity contribution in [3.05, 3.63) is 97.1 Å². The van der Waals surface area contributed by atoms with Gasteiger partial charge in [0.1, 0.15) is 0 Å². The van der Waals surface area contributed by atoms with Gasteiger partial charge in [-0.15, -0.1) is 0 Å². The average Bonchev–Trinajstić information content (AvgIpc) is 3.15. The molecule has 1 heteroatoms. The first-order chi connectivity index (χ1) is 14.4. The zero-order valence-electron chi connectivity index (χ0n) is 15.7. The fourth-order valence-corrected chi connectivity index (χ4v) is 5.07. The van der Waals surface area contributed by atoms with Crippen molar-refractivity contribution in [2.45, 2.75) is 0 Å². The number of para-hydroxylation sites is 1. The molecule has 29 heavy (non-hydrogen) atoms. The van der Waals surface area contributed by atoms with Crippen molar-refractivity contribution in [2.75, 3.05) is 0 Å². The molecular formula is C28H17N. The van der Waals surface area contributed by atoms with E-state index in [0.717, 1.165) is 0 Å². The van der Waals surface area contributed by atoms with Gasteiger partial charge in [0, 0.05) is 21.8 Å². The molecule has 0 bridgehead atoms. The summed E-state index contributed by atoms with van der Waals surface area (Å²) < 4.78 is 0. The van der Waals surface area contributed by atoms with Gasteiger partial charge in [0.05, 0.1) is 0 Å². The van der Waals surface area contributed by atoms with Crippen molar-refractivity contribution in [3.63, 3.8) is 0 Å². The largest absolute Gasteiger partial charge is 0.354 e. The lowest BCUT2D eigenvalue weighted by Crippen LogP contribution is -1.85. The summed E-state index contributed by atoms with van der Waals surface area (Å²) in [5.41, 5.74) is 2.39. The summed E-state index contributed by atoms with van der Waals surface area (Å²) in [5, 5.41) is 13.1. The van der Waals surface area contributed by atoms with Gasteiger partial charge in [0.2, 0.25) is 0 Å². The van der Waals surface area contributed by atoms with E-state index in [9.17, 15) is 0 Å². The second kappa shape index (κ2) is 5.36. The molecule has 7 aromatic rings. The van der Waals surface area contributed by atoms with Gasteiger partial charge in [0.15, 0.2) is 0 Å². The second-order valence-corrected chi connectivity index (χ2v) is 7.87. The molecule has 1 N–H and O–H groups in total. The second-order valence-electron chi connectivity index (χ2n) is 7.87. The smallest absolute Gasteiger partial charge is 0.0471 e. The molecule has 6 aromatic carbocycles. The van der Waals surface area contributed by atoms with E-state index in [1.807, 2.05) is 0 Å². The van der Waals surface area contributed by atoms with E-state index >= 15 is 0 Å². The SMILES string of the molecule is c1ccc2c(c1)ccc1c3ccccc3c3cc4c(cc3c21)[nH]c1ccccc14. The molecule has 0 atom stereocenters. The molecule has 0 unspecified atom stereocenters. The van der Waals surface area contributed by atoms with Crippen LogP contribution < -0.4 is 0 Å². The van der Waals surface area contributed by atoms with Gasteiger partial charge in [-0.2, -0.15) is 0 Å². The van der Waals surface area contributed by atoms with Gasteiger partial charge in [-0.05, 0) is 61.3 Å². The Morgan fingerprint density at radius 1 is 0.379 bits per heavy atom. The van der Waals surface area contributed by atoms with Gasteiger partial charge >= 0.3 is 0 Å². The number of nitrogens with one attached hydrogen (secondary N) is 1. The Bertz CT molecular complexity index is 1750. The van der Waals surface area contributed by atoms with Crippen molar-refractivity contribution in [2.24, 2.45) is 0 Å². The van der Waals surface area contributed by atoms with Gasteiger partial charge in [0.25, 0.3) is 0 Å². The Labute approximate surface area is 167 Å². The number of rotatable bonds is 0. The molecule has 1 heterocycles. The van der Waals surface area contributed by atoms with Crippen molar-refractivity contribution in [3.8, 4) is 0 Å². The summed E-state index contributed by atoms with van der Waals surface area (Å²) in [7, 11) is 0. The number of fused-ring (bicyclic) bond motifs is 11. The lowest BCUT2D eigenvalue weighted by molar-refractivity contribution is 1.56. The Balaban J connectivity index is 1.85. The zero-order chi connectivity index (χ0) is 18.9. The summed E-state index contributed by atoms with van der Waals surface area (Å²) in [5.74, 6) is 0. The van der Waals surface area contributed by atoms with E-state index in [-0.39, 0.29) is 0 Å². The van der Waals surface area contributed by atoms with Crippen molar-refractivity contribution in [1.29, 1.82) is 0 Å². The van der Waals surface area contributed by atoms with Gasteiger partial charge in [-0.3, -0.25) is 0 Å². The number of hydrogen-bond acceptors (Lipinski definition) is 0. The van der Waals surface area contributed by atoms with Crippen molar-refractivity contribution < 1.29 is 0 Å². The van der Waals surface area contributed by atoms with Gasteiger partial charge < -0.3 is 4.98 Å². The molecule has 0 fully saturated rings. The van der Waals surface area contributed by atoms with E-state index < -0.39 is 0 Å². The number of H-pyrrole nitrogens is 1. The van der Waals surface area contributed by atoms with E-state index in [2.05, 4.69) is 102 Å². The average molecular weight is 367 g/mol. The minimum absolute atomic E-state index is 1.19. The lowest BCUT2D eigenvalue weighted by Gasteiger charge is -2.13. The fourth-order valence-electron chi connectivity index (χ4n) is 5.07. The maximum atomic E-state index is 3.63. The Hall–Kier alpha value is -3.84. The highest BCUT2D eigenvalue weighted by Crippen LogP contribution is 2.41. The van der Waals surface area contributed by atoms with Gasteiger partial charge in [-0.1, -0.05) is 78.9 Å². The monoisotopic (exact) mass is 367 g/mol. The maximum Gasteiger partial charge on any atom is 0.0471 e. The first-order valence-electron chi connectivity index (χ1n) is 10.0. The molecule has 7 rings (SSSR count). The molecule has 0 saturated carbocycles. The topological polar surface area (TPSA) is 15.8 Å². The third-order valence-corrected chi connectivity index (χ3v) is 6.35. The molecule has 0 spiro atoms. The van der Waals surface area contributed by atoms with E-state index in [4.69, 9.17) is 0 Å². The van der Waals surface area contributed by atoms with E-state index in [1.54, 1.807) is 0 Å². The minimum atomic E-state index is 1.19. The number of benzene rings is 6. The Kier molecular flexibility index (Phi) is 2.80. The maximum absolute atomic E-state index is 3.63. The normalized spacial score (nSPS) is 12.1. The van der Waals surface area contributed by atoms with Crippen LogP contribution in [0.25, 0.3) is 64.9 Å². The van der Waals surface area contributed by atoms with Crippen LogP contribution in [0.3, 0.4) is 0 Å². The van der Waals surface area contributed by atoms with Crippen LogP contribution in [-0.2, 0) is 0 Å². The van der Waals surface area contributed by atoms with E-state index in [0.29, 0.717) is 0 Å². The molecule has 0 amide bonds. The van der Waals surface area contributed by atoms with Crippen LogP contribution in [0.15, 0.2) is 97.1 Å². The van der Waals surface area contributed by atoms with Crippen molar-refractivity contribution in [1.82, 2.24) is 4.98 Å². The Morgan fingerprint density at radius 3 is 1.93 bits per heavy atom. The van der Waals surface area contributed by atoms with Gasteiger partial charge in [-0.25, -0.2) is 0 Å². The standard InChI is InChI=1S/C28H17N/c1-2-8-18-17(7-1)13-14-22-19-9-3-4-10-20(19)23-15-24-21-11-5-6-12-26(21)29-27(24)16-25(23)28(18)22/h1-16,29H. The quantitative estimate of drug-likeness (QED) is 0.262. The first kappa shape index (κ1) is 15.1. The molecule has 0 radical (unpaired) electrons. The number of aromatic nitrogens is 1. The van der Waals surface area contributed by atoms with Crippen LogP contribution in [0.2, 0.25) is 0 Å². The van der Waals surface area contributed by atoms with Crippen LogP contribution in [0.4, 0.5) is 0 Å². The van der Waals surface area contributed by atoms with Crippen LogP contribution in [-0.4, -0.2) is 4.98 Å². The van der Waals surface area contributed by atoms with Crippen LogP contribution in [0.5, 0.6) is 0 Å². The summed E-state index contributed by atoms with van der Waals surface area (Å²) in [6.45, 7) is 0. The molecule has 0 aliphatic carbocycles. The highest BCUT2D eigenvalue weighted by atomic mass is 14.7. The molecule has 0 aliphatic rings. The molecule has 134 valence electrons.